The lowest BCUT2D eigenvalue weighted by Gasteiger charge is -2.35. The van der Waals surface area contributed by atoms with E-state index in [1.807, 2.05) is 53.7 Å². The standard InChI is InChI=1S/C23H32O2P.2C2H6.C2H4/c1-6-10-14-19(5)26(20(7-2)8-3,21-15-12-11-13-16-21)23(17-18-23)22(24)25-9-4;3*1-2/h6-7,10-16H,8-9,17-18H2,1-5H3;2*1-2H3;1-2H2/q+1;;;/b10-6-,19-14+,20-7+;;;. The summed E-state index contributed by atoms with van der Waals surface area (Å²) >= 11 is 0. The van der Waals surface area contributed by atoms with Crippen LogP contribution in [-0.2, 0) is 9.53 Å². The molecule has 1 aliphatic rings. The summed E-state index contributed by atoms with van der Waals surface area (Å²) < 4.78 is 5.61. The summed E-state index contributed by atoms with van der Waals surface area (Å²) in [6.45, 7) is 24.9. The molecule has 1 aromatic carbocycles. The average Bonchev–Trinajstić information content (AvgIpc) is 3.67. The highest BCUT2D eigenvalue weighted by Gasteiger charge is 2.75. The molecular formula is C29H48O2P+. The van der Waals surface area contributed by atoms with Crippen molar-refractivity contribution in [3.8, 4) is 0 Å². The fourth-order valence-corrected chi connectivity index (χ4v) is 9.97. The SMILES string of the molecule is C/C=C\C=C(/C)[P+](/C(=C/C)CC)(c1ccccc1)C1(C(=O)OCC)CC1.C=C.CC.CC. The fraction of sp³-hybridized carbons (Fsp3) is 0.483. The highest BCUT2D eigenvalue weighted by molar-refractivity contribution is 7.92. The zero-order chi connectivity index (χ0) is 25.2. The van der Waals surface area contributed by atoms with Crippen molar-refractivity contribution >= 4 is 18.5 Å². The third kappa shape index (κ3) is 6.79. The van der Waals surface area contributed by atoms with Crippen LogP contribution in [0.15, 0.2) is 78.4 Å². The van der Waals surface area contributed by atoms with E-state index in [1.54, 1.807) is 0 Å². The molecule has 0 bridgehead atoms. The Bertz CT molecular complexity index is 727. The van der Waals surface area contributed by atoms with E-state index >= 15 is 0 Å². The Hall–Kier alpha value is -1.92. The molecule has 1 aromatic rings. The Labute approximate surface area is 199 Å². The summed E-state index contributed by atoms with van der Waals surface area (Å²) in [4.78, 5) is 13.2. The summed E-state index contributed by atoms with van der Waals surface area (Å²) in [6.07, 6.45) is 11.4. The van der Waals surface area contributed by atoms with Crippen molar-refractivity contribution in [1.82, 2.24) is 0 Å². The predicted octanol–water partition coefficient (Wildman–Crippen LogP) is 9.07. The first-order valence-corrected chi connectivity index (χ1v) is 13.9. The van der Waals surface area contributed by atoms with Crippen molar-refractivity contribution in [2.75, 3.05) is 6.61 Å². The van der Waals surface area contributed by atoms with Gasteiger partial charge in [-0.2, -0.15) is 0 Å². The molecule has 1 saturated carbocycles. The second-order valence-corrected chi connectivity index (χ2v) is 10.7. The van der Waals surface area contributed by atoms with E-state index in [1.165, 1.54) is 15.9 Å². The summed E-state index contributed by atoms with van der Waals surface area (Å²) in [5.74, 6) is -0.0155. The van der Waals surface area contributed by atoms with Crippen LogP contribution in [0.5, 0.6) is 0 Å². The number of ether oxygens (including phenoxy) is 1. The second kappa shape index (κ2) is 17.6. The minimum atomic E-state index is -2.06. The van der Waals surface area contributed by atoms with Crippen LogP contribution in [0.3, 0.4) is 0 Å². The van der Waals surface area contributed by atoms with Gasteiger partial charge in [0.1, 0.15) is 12.6 Å². The van der Waals surface area contributed by atoms with Gasteiger partial charge < -0.3 is 4.74 Å². The molecule has 1 aliphatic carbocycles. The average molecular weight is 460 g/mol. The van der Waals surface area contributed by atoms with Gasteiger partial charge in [-0.15, -0.1) is 13.2 Å². The summed E-state index contributed by atoms with van der Waals surface area (Å²) in [5.41, 5.74) is 0. The highest BCUT2D eigenvalue weighted by atomic mass is 31.2. The molecule has 0 amide bonds. The molecule has 1 unspecified atom stereocenters. The summed E-state index contributed by atoms with van der Waals surface area (Å²) in [7, 11) is -2.06. The van der Waals surface area contributed by atoms with Gasteiger partial charge in [-0.05, 0) is 52.0 Å². The van der Waals surface area contributed by atoms with Gasteiger partial charge in [-0.25, -0.2) is 4.79 Å². The lowest BCUT2D eigenvalue weighted by molar-refractivity contribution is -0.143. The molecule has 2 rings (SSSR count). The Morgan fingerprint density at radius 1 is 1.06 bits per heavy atom. The molecule has 0 radical (unpaired) electrons. The van der Waals surface area contributed by atoms with Gasteiger partial charge in [-0.3, -0.25) is 0 Å². The van der Waals surface area contributed by atoms with Crippen LogP contribution in [-0.4, -0.2) is 17.7 Å². The first kappa shape index (κ1) is 32.3. The Kier molecular flexibility index (Phi) is 17.8. The number of hydrogen-bond acceptors (Lipinski definition) is 2. The van der Waals surface area contributed by atoms with E-state index < -0.39 is 12.4 Å². The van der Waals surface area contributed by atoms with Crippen molar-refractivity contribution in [3.05, 3.63) is 78.4 Å². The second-order valence-electron chi connectivity index (χ2n) is 6.73. The number of carbonyl (C=O) groups excluding carboxylic acids is 1. The highest BCUT2D eigenvalue weighted by Crippen LogP contribution is 2.86. The number of carbonyl (C=O) groups is 1. The third-order valence-corrected chi connectivity index (χ3v) is 11.0. The molecule has 2 nitrogen and oxygen atoms in total. The van der Waals surface area contributed by atoms with Gasteiger partial charge in [-0.1, -0.05) is 65.0 Å². The molecule has 32 heavy (non-hydrogen) atoms. The number of esters is 1. The zero-order valence-electron chi connectivity index (χ0n) is 22.2. The molecule has 0 aliphatic heterocycles. The molecule has 3 heteroatoms. The van der Waals surface area contributed by atoms with E-state index in [0.29, 0.717) is 6.61 Å². The van der Waals surface area contributed by atoms with Gasteiger partial charge in [0, 0.05) is 19.3 Å². The Balaban J connectivity index is 0. The van der Waals surface area contributed by atoms with Crippen LogP contribution in [0.2, 0.25) is 0 Å². The quantitative estimate of drug-likeness (QED) is 0.168. The smallest absolute Gasteiger partial charge is 0.351 e. The Morgan fingerprint density at radius 3 is 1.97 bits per heavy atom. The molecule has 0 spiro atoms. The normalized spacial score (nSPS) is 16.2. The van der Waals surface area contributed by atoms with Gasteiger partial charge in [0.2, 0.25) is 0 Å². The van der Waals surface area contributed by atoms with E-state index in [9.17, 15) is 4.79 Å². The van der Waals surface area contributed by atoms with Crippen molar-refractivity contribution in [3.63, 3.8) is 0 Å². The monoisotopic (exact) mass is 459 g/mol. The lowest BCUT2D eigenvalue weighted by atomic mass is 10.4. The summed E-state index contributed by atoms with van der Waals surface area (Å²) in [5, 5.41) is 3.60. The largest absolute Gasteiger partial charge is 0.463 e. The molecule has 0 heterocycles. The van der Waals surface area contributed by atoms with Crippen molar-refractivity contribution in [2.45, 2.75) is 86.7 Å². The first-order valence-electron chi connectivity index (χ1n) is 12.1. The van der Waals surface area contributed by atoms with E-state index in [2.05, 4.69) is 76.4 Å². The van der Waals surface area contributed by atoms with Gasteiger partial charge >= 0.3 is 5.97 Å². The molecular weight excluding hydrogens is 411 g/mol. The maximum absolute atomic E-state index is 13.2. The number of benzene rings is 1. The topological polar surface area (TPSA) is 26.3 Å². The maximum Gasteiger partial charge on any atom is 0.351 e. The Morgan fingerprint density at radius 2 is 1.59 bits per heavy atom. The number of hydrogen-bond donors (Lipinski definition) is 0. The summed E-state index contributed by atoms with van der Waals surface area (Å²) in [6, 6.07) is 10.7. The van der Waals surface area contributed by atoms with Crippen LogP contribution in [0.4, 0.5) is 0 Å². The fourth-order valence-electron chi connectivity index (χ4n) is 4.15. The minimum absolute atomic E-state index is 0.0155. The molecule has 180 valence electrons. The third-order valence-electron chi connectivity index (χ3n) is 5.35. The number of rotatable bonds is 8. The maximum atomic E-state index is 13.2. The van der Waals surface area contributed by atoms with Gasteiger partial charge in [0.25, 0.3) is 0 Å². The van der Waals surface area contributed by atoms with Crippen molar-refractivity contribution in [1.29, 1.82) is 0 Å². The van der Waals surface area contributed by atoms with Crippen LogP contribution >= 0.6 is 7.26 Å². The predicted molar refractivity (Wildman–Crippen MR) is 148 cm³/mol. The van der Waals surface area contributed by atoms with Crippen molar-refractivity contribution in [2.24, 2.45) is 0 Å². The first-order chi connectivity index (χ1) is 15.5. The van der Waals surface area contributed by atoms with E-state index in [-0.39, 0.29) is 5.97 Å². The molecule has 0 saturated heterocycles. The van der Waals surface area contributed by atoms with Gasteiger partial charge in [0.15, 0.2) is 5.16 Å². The lowest BCUT2D eigenvalue weighted by Crippen LogP contribution is -2.35. The zero-order valence-corrected chi connectivity index (χ0v) is 23.1. The minimum Gasteiger partial charge on any atom is -0.463 e. The van der Waals surface area contributed by atoms with Crippen molar-refractivity contribution < 1.29 is 9.53 Å². The van der Waals surface area contributed by atoms with E-state index in [0.717, 1.165) is 19.3 Å². The van der Waals surface area contributed by atoms with Crippen LogP contribution in [0.1, 0.15) is 81.6 Å². The van der Waals surface area contributed by atoms with E-state index in [4.69, 9.17) is 4.74 Å². The molecule has 1 fully saturated rings. The van der Waals surface area contributed by atoms with Gasteiger partial charge in [0.05, 0.1) is 17.2 Å². The van der Waals surface area contributed by atoms with Crippen LogP contribution in [0, 0.1) is 0 Å². The molecule has 0 N–H and O–H groups in total. The number of allylic oxidation sites excluding steroid dienone is 6. The van der Waals surface area contributed by atoms with Crippen LogP contribution in [0.25, 0.3) is 0 Å². The molecule has 0 aromatic heterocycles. The van der Waals surface area contributed by atoms with Crippen LogP contribution < -0.4 is 5.30 Å². The molecule has 1 atom stereocenters.